The predicted octanol–water partition coefficient (Wildman–Crippen LogP) is 7.17. The highest BCUT2D eigenvalue weighted by atomic mass is 19.1. The van der Waals surface area contributed by atoms with Crippen LogP contribution in [0.1, 0.15) is 38.2 Å². The van der Waals surface area contributed by atoms with Gasteiger partial charge in [0, 0.05) is 53.8 Å². The molecule has 2 N–H and O–H groups in total. The van der Waals surface area contributed by atoms with E-state index in [0.29, 0.717) is 23.5 Å². The summed E-state index contributed by atoms with van der Waals surface area (Å²) in [5.41, 5.74) is 8.92. The van der Waals surface area contributed by atoms with Crippen molar-refractivity contribution in [1.29, 1.82) is 0 Å². The van der Waals surface area contributed by atoms with Gasteiger partial charge >= 0.3 is 0 Å². The molecular weight excluding hydrogens is 501 g/mol. The number of hydrogen-bond acceptors (Lipinski definition) is 5. The Balaban J connectivity index is 1.27. The van der Waals surface area contributed by atoms with Gasteiger partial charge in [-0.25, -0.2) is 4.39 Å². The topological polar surface area (TPSA) is 70.2 Å². The molecule has 0 bridgehead atoms. The molecule has 4 heterocycles. The minimum Gasteiger partial charge on any atom is -0.381 e. The van der Waals surface area contributed by atoms with Crippen molar-refractivity contribution in [2.75, 3.05) is 35.2 Å². The van der Waals surface area contributed by atoms with E-state index in [9.17, 15) is 9.18 Å². The molecule has 7 heteroatoms. The van der Waals surface area contributed by atoms with Crippen molar-refractivity contribution in [3.8, 4) is 22.4 Å². The lowest BCUT2D eigenvalue weighted by Crippen LogP contribution is -2.29. The number of benzene rings is 2. The number of fused-ring (bicyclic) bond motifs is 1. The average Bonchev–Trinajstić information content (AvgIpc) is 3.01. The number of nitrogens with zero attached hydrogens (tertiary/aromatic N) is 3. The fraction of sp³-hybridized carbons (Fsp3) is 0.242. The van der Waals surface area contributed by atoms with Crippen LogP contribution >= 0.6 is 0 Å². The Hall–Kier alpha value is -4.52. The number of piperidine rings is 1. The average molecular weight is 534 g/mol. The molecule has 0 atom stereocenters. The Morgan fingerprint density at radius 3 is 2.48 bits per heavy atom. The maximum absolute atomic E-state index is 13.7. The van der Waals surface area contributed by atoms with E-state index in [-0.39, 0.29) is 11.7 Å². The minimum absolute atomic E-state index is 0.159. The second-order valence-electron chi connectivity index (χ2n) is 10.3. The largest absolute Gasteiger partial charge is 0.381 e. The van der Waals surface area contributed by atoms with Gasteiger partial charge in [-0.1, -0.05) is 13.0 Å². The zero-order valence-electron chi connectivity index (χ0n) is 22.6. The second kappa shape index (κ2) is 11.3. The van der Waals surface area contributed by atoms with Gasteiger partial charge in [0.2, 0.25) is 0 Å². The molecule has 2 aromatic heterocycles. The van der Waals surface area contributed by atoms with E-state index in [4.69, 9.17) is 0 Å². The third kappa shape index (κ3) is 5.32. The Morgan fingerprint density at radius 1 is 0.925 bits per heavy atom. The molecule has 202 valence electrons. The van der Waals surface area contributed by atoms with Crippen molar-refractivity contribution in [2.45, 2.75) is 32.6 Å². The first-order chi connectivity index (χ1) is 19.6. The van der Waals surface area contributed by atoms with E-state index in [1.54, 1.807) is 18.3 Å². The highest BCUT2D eigenvalue weighted by Gasteiger charge is 2.24. The van der Waals surface area contributed by atoms with Crippen LogP contribution in [0.15, 0.2) is 84.8 Å². The molecule has 40 heavy (non-hydrogen) atoms. The fourth-order valence-corrected chi connectivity index (χ4v) is 5.51. The SMILES string of the molecule is CCC1=C(C(=O)Nc2ccc(-c3ccc(F)cc3)nc2)c2cc(-c3cncc(N4CCCCC4)c3)ccc2NC1. The lowest BCUT2D eigenvalue weighted by Gasteiger charge is -2.29. The van der Waals surface area contributed by atoms with Crippen LogP contribution in [-0.2, 0) is 4.79 Å². The summed E-state index contributed by atoms with van der Waals surface area (Å²) >= 11 is 0. The van der Waals surface area contributed by atoms with Gasteiger partial charge in [-0.05, 0) is 91.4 Å². The molecular formula is C33H32FN5O. The van der Waals surface area contributed by atoms with E-state index in [1.165, 1.54) is 31.4 Å². The van der Waals surface area contributed by atoms with E-state index >= 15 is 0 Å². The number of amides is 1. The van der Waals surface area contributed by atoms with E-state index in [1.807, 2.05) is 24.5 Å². The lowest BCUT2D eigenvalue weighted by atomic mass is 9.90. The molecule has 1 amide bonds. The summed E-state index contributed by atoms with van der Waals surface area (Å²) in [6.07, 6.45) is 9.94. The van der Waals surface area contributed by atoms with Crippen LogP contribution in [0.2, 0.25) is 0 Å². The van der Waals surface area contributed by atoms with E-state index < -0.39 is 0 Å². The molecule has 2 aliphatic rings. The van der Waals surface area contributed by atoms with Gasteiger partial charge in [0.05, 0.1) is 29.5 Å². The van der Waals surface area contributed by atoms with Gasteiger partial charge in [0.25, 0.3) is 5.91 Å². The molecule has 4 aromatic rings. The summed E-state index contributed by atoms with van der Waals surface area (Å²) in [5, 5.41) is 6.53. The quantitative estimate of drug-likeness (QED) is 0.275. The van der Waals surface area contributed by atoms with Crippen molar-refractivity contribution in [3.63, 3.8) is 0 Å². The van der Waals surface area contributed by atoms with Crippen LogP contribution in [0.25, 0.3) is 28.0 Å². The molecule has 0 unspecified atom stereocenters. The first kappa shape index (κ1) is 25.7. The molecule has 2 aliphatic heterocycles. The van der Waals surface area contributed by atoms with Gasteiger partial charge in [-0.2, -0.15) is 0 Å². The Kier molecular flexibility index (Phi) is 7.27. The van der Waals surface area contributed by atoms with Crippen LogP contribution in [0.5, 0.6) is 0 Å². The molecule has 1 saturated heterocycles. The number of rotatable bonds is 6. The van der Waals surface area contributed by atoms with E-state index in [2.05, 4.69) is 56.7 Å². The Morgan fingerprint density at radius 2 is 1.73 bits per heavy atom. The molecule has 6 nitrogen and oxygen atoms in total. The van der Waals surface area contributed by atoms with Crippen molar-refractivity contribution in [3.05, 3.63) is 96.2 Å². The number of hydrogen-bond donors (Lipinski definition) is 2. The van der Waals surface area contributed by atoms with Crippen LogP contribution in [0.4, 0.5) is 21.5 Å². The van der Waals surface area contributed by atoms with Crippen LogP contribution < -0.4 is 15.5 Å². The Labute approximate surface area is 234 Å². The van der Waals surface area contributed by atoms with Crippen molar-refractivity contribution in [2.24, 2.45) is 0 Å². The lowest BCUT2D eigenvalue weighted by molar-refractivity contribution is -0.111. The van der Waals surface area contributed by atoms with Gasteiger partial charge in [0.1, 0.15) is 5.82 Å². The van der Waals surface area contributed by atoms with Crippen molar-refractivity contribution in [1.82, 2.24) is 9.97 Å². The predicted molar refractivity (Wildman–Crippen MR) is 160 cm³/mol. The molecule has 6 rings (SSSR count). The maximum Gasteiger partial charge on any atom is 0.256 e. The standard InChI is InChI=1S/C33H32FN5O/c1-2-22-19-36-31-12-8-24(25-16-28(21-35-18-25)39-14-4-3-5-15-39)17-29(31)32(22)33(40)38-27-11-13-30(37-20-27)23-6-9-26(34)10-7-23/h6-13,16-18,20-21,36H,2-5,14-15,19H2,1H3,(H,38,40). The molecule has 0 radical (unpaired) electrons. The van der Waals surface area contributed by atoms with Gasteiger partial charge in [-0.3, -0.25) is 14.8 Å². The summed E-state index contributed by atoms with van der Waals surface area (Å²) in [4.78, 5) is 25.2. The zero-order chi connectivity index (χ0) is 27.5. The fourth-order valence-electron chi connectivity index (χ4n) is 5.51. The van der Waals surface area contributed by atoms with Crippen molar-refractivity contribution < 1.29 is 9.18 Å². The monoisotopic (exact) mass is 533 g/mol. The molecule has 0 aliphatic carbocycles. The molecule has 1 fully saturated rings. The highest BCUT2D eigenvalue weighted by molar-refractivity contribution is 6.28. The number of carbonyl (C=O) groups excluding carboxylic acids is 1. The van der Waals surface area contributed by atoms with Gasteiger partial charge < -0.3 is 15.5 Å². The number of nitrogens with one attached hydrogen (secondary N) is 2. The molecule has 2 aromatic carbocycles. The summed E-state index contributed by atoms with van der Waals surface area (Å²) < 4.78 is 13.3. The zero-order valence-corrected chi connectivity index (χ0v) is 22.6. The highest BCUT2D eigenvalue weighted by Crippen LogP contribution is 2.37. The first-order valence-corrected chi connectivity index (χ1v) is 13.9. The van der Waals surface area contributed by atoms with E-state index in [0.717, 1.165) is 58.7 Å². The number of carbonyl (C=O) groups is 1. The number of anilines is 3. The summed E-state index contributed by atoms with van der Waals surface area (Å²) in [7, 11) is 0. The smallest absolute Gasteiger partial charge is 0.256 e. The summed E-state index contributed by atoms with van der Waals surface area (Å²) in [6, 6.07) is 18.3. The third-order valence-corrected chi connectivity index (χ3v) is 7.73. The summed E-state index contributed by atoms with van der Waals surface area (Å²) in [6.45, 7) is 4.82. The van der Waals surface area contributed by atoms with Crippen molar-refractivity contribution >= 4 is 28.5 Å². The van der Waals surface area contributed by atoms with Gasteiger partial charge in [-0.15, -0.1) is 0 Å². The number of halogens is 1. The first-order valence-electron chi connectivity index (χ1n) is 13.9. The second-order valence-corrected chi connectivity index (χ2v) is 10.3. The summed E-state index contributed by atoms with van der Waals surface area (Å²) in [5.74, 6) is -0.447. The Bertz CT molecular complexity index is 1560. The van der Waals surface area contributed by atoms with Crippen LogP contribution in [-0.4, -0.2) is 35.5 Å². The van der Waals surface area contributed by atoms with Gasteiger partial charge in [0.15, 0.2) is 0 Å². The minimum atomic E-state index is -0.288. The third-order valence-electron chi connectivity index (χ3n) is 7.73. The molecule has 0 saturated carbocycles. The van der Waals surface area contributed by atoms with Crippen LogP contribution in [0, 0.1) is 5.82 Å². The number of aromatic nitrogens is 2. The number of pyridine rings is 2. The molecule has 0 spiro atoms. The maximum atomic E-state index is 13.7. The van der Waals surface area contributed by atoms with Crippen LogP contribution in [0.3, 0.4) is 0 Å². The normalized spacial score (nSPS) is 14.9.